The van der Waals surface area contributed by atoms with Gasteiger partial charge in [0.1, 0.15) is 11.8 Å². The Labute approximate surface area is 96.8 Å². The van der Waals surface area contributed by atoms with E-state index in [2.05, 4.69) is 0 Å². The fourth-order valence-corrected chi connectivity index (χ4v) is 1.92. The van der Waals surface area contributed by atoms with E-state index in [4.69, 9.17) is 4.11 Å². The van der Waals surface area contributed by atoms with Gasteiger partial charge in [-0.05, 0) is 30.2 Å². The average Bonchev–Trinajstić information content (AvgIpc) is 2.27. The summed E-state index contributed by atoms with van der Waals surface area (Å²) in [4.78, 5) is 12.1. The van der Waals surface area contributed by atoms with E-state index in [0.717, 1.165) is 4.90 Å². The van der Waals surface area contributed by atoms with E-state index in [0.29, 0.717) is 0 Å². The lowest BCUT2D eigenvalue weighted by Crippen LogP contribution is -2.39. The first kappa shape index (κ1) is 7.65. The molecule has 1 unspecified atom stereocenters. The van der Waals surface area contributed by atoms with Crippen LogP contribution in [-0.2, 0) is 4.79 Å². The molecular formula is C11H13NO4. The van der Waals surface area contributed by atoms with Crippen LogP contribution in [-0.4, -0.2) is 39.7 Å². The first-order chi connectivity index (χ1) is 8.71. The number of rotatable bonds is 1. The molecule has 1 aromatic carbocycles. The molecular weight excluding hydrogens is 210 g/mol. The third-order valence-electron chi connectivity index (χ3n) is 2.64. The summed E-state index contributed by atoms with van der Waals surface area (Å²) in [6.45, 7) is -2.95. The van der Waals surface area contributed by atoms with Crippen molar-refractivity contribution < 1.29 is 24.2 Å². The first-order valence-corrected chi connectivity index (χ1v) is 4.72. The van der Waals surface area contributed by atoms with Crippen LogP contribution in [0.25, 0.3) is 0 Å². The Morgan fingerprint density at radius 2 is 2.31 bits per heavy atom. The van der Waals surface area contributed by atoms with E-state index in [1.807, 2.05) is 0 Å². The maximum atomic E-state index is 11.3. The minimum atomic E-state index is -2.63. The highest BCUT2D eigenvalue weighted by Crippen LogP contribution is 2.35. The lowest BCUT2D eigenvalue weighted by molar-refractivity contribution is -0.144. The third kappa shape index (κ3) is 1.64. The molecule has 86 valence electrons. The fraction of sp³-hybridized carbons (Fsp3) is 0.364. The molecule has 1 aromatic rings. The van der Waals surface area contributed by atoms with E-state index >= 15 is 0 Å². The molecule has 0 fully saturated rings. The normalized spacial score (nSPS) is 28.7. The largest absolute Gasteiger partial charge is 0.508 e. The average molecular weight is 226 g/mol. The number of aromatic hydroxyl groups is 1. The van der Waals surface area contributed by atoms with Gasteiger partial charge < -0.3 is 15.3 Å². The van der Waals surface area contributed by atoms with Gasteiger partial charge in [0.05, 0.1) is 6.10 Å². The Bertz CT molecular complexity index is 517. The molecule has 0 radical (unpaired) electrons. The van der Waals surface area contributed by atoms with Crippen LogP contribution >= 0.6 is 0 Å². The summed E-state index contributed by atoms with van der Waals surface area (Å²) in [5.41, 5.74) is 0.424. The number of benzene rings is 1. The van der Waals surface area contributed by atoms with Crippen molar-refractivity contribution in [3.05, 3.63) is 29.3 Å². The van der Waals surface area contributed by atoms with Crippen molar-refractivity contribution in [2.24, 2.45) is 0 Å². The Kier molecular flexibility index (Phi) is 1.80. The molecule has 0 aliphatic carbocycles. The number of aliphatic carboxylic acids is 1. The van der Waals surface area contributed by atoms with Gasteiger partial charge in [0.15, 0.2) is 0 Å². The van der Waals surface area contributed by atoms with Crippen molar-refractivity contribution >= 4 is 5.97 Å². The number of carboxylic acids is 1. The number of carbonyl (C=O) groups is 1. The van der Waals surface area contributed by atoms with Crippen molar-refractivity contribution in [2.45, 2.75) is 12.1 Å². The number of likely N-dealkylation sites (N-methyl/N-ethyl adjacent to an activating group) is 1. The molecule has 0 saturated carbocycles. The number of nitrogens with zero attached hydrogens (tertiary/aromatic N) is 1. The third-order valence-corrected chi connectivity index (χ3v) is 2.64. The molecule has 3 N–H and O–H groups in total. The molecule has 2 rings (SSSR count). The Balaban J connectivity index is 2.57. The van der Waals surface area contributed by atoms with Gasteiger partial charge in [-0.2, -0.15) is 0 Å². The fourth-order valence-electron chi connectivity index (χ4n) is 1.92. The zero-order valence-electron chi connectivity index (χ0n) is 11.3. The van der Waals surface area contributed by atoms with Crippen molar-refractivity contribution in [2.75, 3.05) is 13.5 Å². The summed E-state index contributed by atoms with van der Waals surface area (Å²) in [5, 5.41) is 28.5. The van der Waals surface area contributed by atoms with Crippen LogP contribution in [0.2, 0.25) is 0 Å². The van der Waals surface area contributed by atoms with Crippen molar-refractivity contribution in [1.29, 1.82) is 0 Å². The standard InChI is InChI=1S/C11H13NO4/c1-12-5-9(14)8-4-6(13)2-3-7(8)10(12)11(15)16/h2-4,9-10,13-14H,5H2,1H3,(H,15,16)/t9-,10?/m0/s1/i1D3. The van der Waals surface area contributed by atoms with Crippen LogP contribution in [0.5, 0.6) is 5.75 Å². The van der Waals surface area contributed by atoms with E-state index in [-0.39, 0.29) is 23.4 Å². The zero-order chi connectivity index (χ0) is 14.4. The van der Waals surface area contributed by atoms with Crippen LogP contribution in [0.1, 0.15) is 27.4 Å². The van der Waals surface area contributed by atoms with E-state index in [1.165, 1.54) is 18.2 Å². The number of phenols is 1. The number of aliphatic hydroxyl groups excluding tert-OH is 1. The van der Waals surface area contributed by atoms with Gasteiger partial charge >= 0.3 is 5.97 Å². The smallest absolute Gasteiger partial charge is 0.325 e. The SMILES string of the molecule is [2H]C([2H])([2H])N1C[C@H](O)c2cc(O)ccc2C1C(=O)O. The highest BCUT2D eigenvalue weighted by atomic mass is 16.4. The van der Waals surface area contributed by atoms with Crippen molar-refractivity contribution in [1.82, 2.24) is 4.90 Å². The summed E-state index contributed by atoms with van der Waals surface area (Å²) in [6, 6.07) is 2.48. The highest BCUT2D eigenvalue weighted by molar-refractivity contribution is 5.76. The molecule has 1 heterocycles. The van der Waals surface area contributed by atoms with Crippen LogP contribution in [0.15, 0.2) is 18.2 Å². The Morgan fingerprint density at radius 3 is 2.94 bits per heavy atom. The second-order valence-corrected chi connectivity index (χ2v) is 3.72. The second-order valence-electron chi connectivity index (χ2n) is 3.72. The maximum Gasteiger partial charge on any atom is 0.325 e. The summed E-state index contributed by atoms with van der Waals surface area (Å²) in [7, 11) is 0. The summed E-state index contributed by atoms with van der Waals surface area (Å²) in [5.74, 6) is -1.42. The monoisotopic (exact) mass is 226 g/mol. The molecule has 0 bridgehead atoms. The number of carboxylic acid groups (broad SMARTS) is 1. The highest BCUT2D eigenvalue weighted by Gasteiger charge is 2.34. The molecule has 0 aromatic heterocycles. The Morgan fingerprint density at radius 1 is 1.56 bits per heavy atom. The summed E-state index contributed by atoms with van der Waals surface area (Å²) in [6.07, 6.45) is -1.15. The summed E-state index contributed by atoms with van der Waals surface area (Å²) >= 11 is 0. The number of phenolic OH excluding ortho intramolecular Hbond substituents is 1. The number of fused-ring (bicyclic) bond motifs is 1. The van der Waals surface area contributed by atoms with Crippen LogP contribution in [0.4, 0.5) is 0 Å². The molecule has 0 saturated heterocycles. The van der Waals surface area contributed by atoms with Crippen LogP contribution < -0.4 is 0 Å². The predicted octanol–water partition coefficient (Wildman–Crippen LogP) is 0.497. The first-order valence-electron chi connectivity index (χ1n) is 6.22. The van der Waals surface area contributed by atoms with Crippen molar-refractivity contribution in [3.63, 3.8) is 0 Å². The van der Waals surface area contributed by atoms with Crippen molar-refractivity contribution in [3.8, 4) is 5.75 Å². The Hall–Kier alpha value is -1.59. The van der Waals surface area contributed by atoms with Gasteiger partial charge in [-0.3, -0.25) is 9.69 Å². The van der Waals surface area contributed by atoms with Gasteiger partial charge in [0.2, 0.25) is 0 Å². The van der Waals surface area contributed by atoms with Crippen LogP contribution in [0, 0.1) is 0 Å². The van der Waals surface area contributed by atoms with Gasteiger partial charge in [0, 0.05) is 10.7 Å². The number of hydrogen-bond acceptors (Lipinski definition) is 4. The van der Waals surface area contributed by atoms with Gasteiger partial charge in [0.25, 0.3) is 0 Å². The van der Waals surface area contributed by atoms with Gasteiger partial charge in [-0.25, -0.2) is 0 Å². The zero-order valence-corrected chi connectivity index (χ0v) is 8.29. The quantitative estimate of drug-likeness (QED) is 0.649. The van der Waals surface area contributed by atoms with Crippen LogP contribution in [0.3, 0.4) is 0 Å². The minimum absolute atomic E-state index is 0.107. The molecule has 2 atom stereocenters. The summed E-state index contributed by atoms with van der Waals surface area (Å²) < 4.78 is 22.1. The lowest BCUT2D eigenvalue weighted by atomic mass is 9.91. The number of β-amino-alcohol motifs (C(OH)–C–C–N with tert-alkyl or cyclic N) is 1. The molecule has 1 aliphatic heterocycles. The molecule has 5 heteroatoms. The minimum Gasteiger partial charge on any atom is -0.508 e. The van der Waals surface area contributed by atoms with E-state index in [1.54, 1.807) is 0 Å². The molecule has 16 heavy (non-hydrogen) atoms. The lowest BCUT2D eigenvalue weighted by Gasteiger charge is -2.34. The van der Waals surface area contributed by atoms with E-state index < -0.39 is 25.1 Å². The van der Waals surface area contributed by atoms with Gasteiger partial charge in [-0.15, -0.1) is 0 Å². The molecule has 1 aliphatic rings. The molecule has 0 spiro atoms. The number of aliphatic hydroxyl groups is 1. The predicted molar refractivity (Wildman–Crippen MR) is 56.1 cm³/mol. The van der Waals surface area contributed by atoms with E-state index in [9.17, 15) is 20.1 Å². The maximum absolute atomic E-state index is 11.3. The second kappa shape index (κ2) is 3.77. The van der Waals surface area contributed by atoms with Gasteiger partial charge in [-0.1, -0.05) is 6.07 Å². The molecule has 0 amide bonds. The molecule has 5 nitrogen and oxygen atoms in total. The number of hydrogen-bond donors (Lipinski definition) is 3. The topological polar surface area (TPSA) is 81.0 Å².